The molecule has 0 atom stereocenters. The quantitative estimate of drug-likeness (QED) is 0.218. The van der Waals surface area contributed by atoms with Gasteiger partial charge in [-0.05, 0) is 50.2 Å². The lowest BCUT2D eigenvalue weighted by Gasteiger charge is -2.21. The van der Waals surface area contributed by atoms with Crippen LogP contribution in [0.2, 0.25) is 0 Å². The molecule has 0 aliphatic heterocycles. The van der Waals surface area contributed by atoms with Crippen LogP contribution in [0.3, 0.4) is 0 Å². The first-order valence-corrected chi connectivity index (χ1v) is 14.7. The molecule has 8 rings (SSSR count). The predicted molar refractivity (Wildman–Crippen MR) is 177 cm³/mol. The summed E-state index contributed by atoms with van der Waals surface area (Å²) >= 11 is 0. The monoisotopic (exact) mass is 551 g/mol. The molecule has 0 N–H and O–H groups in total. The fourth-order valence-corrected chi connectivity index (χ4v) is 6.57. The normalized spacial score (nSPS) is 13.1. The molecule has 0 saturated heterocycles. The minimum atomic E-state index is -0.0549. The van der Waals surface area contributed by atoms with E-state index in [0.29, 0.717) is 17.5 Å². The maximum Gasteiger partial charge on any atom is 0.164 e. The maximum atomic E-state index is 5.13. The summed E-state index contributed by atoms with van der Waals surface area (Å²) in [6.07, 6.45) is 0. The highest BCUT2D eigenvalue weighted by atomic mass is 15.0. The second-order valence-electron chi connectivity index (χ2n) is 11.7. The van der Waals surface area contributed by atoms with Crippen LogP contribution in [-0.2, 0) is 5.41 Å². The lowest BCUT2D eigenvalue weighted by atomic mass is 9.82. The van der Waals surface area contributed by atoms with E-state index in [-0.39, 0.29) is 5.41 Å². The number of nitrogens with zero attached hydrogens (tertiary/aromatic N) is 3. The molecule has 3 nitrogen and oxygen atoms in total. The number of benzene rings is 6. The number of hydrogen-bond acceptors (Lipinski definition) is 3. The van der Waals surface area contributed by atoms with Crippen LogP contribution < -0.4 is 0 Å². The molecule has 0 unspecified atom stereocenters. The second kappa shape index (κ2) is 9.85. The van der Waals surface area contributed by atoms with Gasteiger partial charge in [-0.15, -0.1) is 0 Å². The highest BCUT2D eigenvalue weighted by Gasteiger charge is 2.36. The zero-order chi connectivity index (χ0) is 29.0. The molecule has 0 bridgehead atoms. The van der Waals surface area contributed by atoms with Gasteiger partial charge >= 0.3 is 0 Å². The molecule has 0 fully saturated rings. The van der Waals surface area contributed by atoms with Crippen molar-refractivity contribution in [3.8, 4) is 56.4 Å². The maximum absolute atomic E-state index is 5.13. The smallest absolute Gasteiger partial charge is 0.164 e. The lowest BCUT2D eigenvalue weighted by Crippen LogP contribution is -2.14. The summed E-state index contributed by atoms with van der Waals surface area (Å²) in [4.78, 5) is 15.2. The Labute approximate surface area is 251 Å². The van der Waals surface area contributed by atoms with E-state index in [2.05, 4.69) is 129 Å². The van der Waals surface area contributed by atoms with Gasteiger partial charge in [-0.25, -0.2) is 15.0 Å². The van der Waals surface area contributed by atoms with Crippen LogP contribution in [0.25, 0.3) is 67.2 Å². The third-order valence-corrected chi connectivity index (χ3v) is 8.74. The van der Waals surface area contributed by atoms with Gasteiger partial charge in [-0.2, -0.15) is 0 Å². The third-order valence-electron chi connectivity index (χ3n) is 8.74. The van der Waals surface area contributed by atoms with Crippen molar-refractivity contribution in [3.63, 3.8) is 0 Å². The van der Waals surface area contributed by atoms with Crippen molar-refractivity contribution in [1.82, 2.24) is 15.0 Å². The van der Waals surface area contributed by atoms with Gasteiger partial charge in [0.05, 0.1) is 0 Å². The van der Waals surface area contributed by atoms with E-state index in [0.717, 1.165) is 33.2 Å². The topological polar surface area (TPSA) is 38.7 Å². The minimum absolute atomic E-state index is 0.0549. The molecular formula is C40H29N3. The number of aromatic nitrogens is 3. The van der Waals surface area contributed by atoms with Crippen molar-refractivity contribution in [2.24, 2.45) is 0 Å². The molecular weight excluding hydrogens is 522 g/mol. The standard InChI is InChI=1S/C40H29N3/c1-40(2)34-22-10-9-19-33(34)36-31-20-12-21-32(30(31)23-24-35(36)40)39-42-37(27-15-7-4-8-16-27)41-38(43-39)29-18-11-17-28(25-29)26-13-5-3-6-14-26/h3-25H,1-2H3. The first kappa shape index (κ1) is 25.3. The van der Waals surface area contributed by atoms with Crippen LogP contribution in [0.5, 0.6) is 0 Å². The zero-order valence-electron chi connectivity index (χ0n) is 24.1. The Morgan fingerprint density at radius 2 is 0.977 bits per heavy atom. The average molecular weight is 552 g/mol. The SMILES string of the molecule is CC1(C)c2ccccc2-c2c1ccc1c(-c3nc(-c4ccccc4)nc(-c4cccc(-c5ccccc5)c4)n3)cccc21. The van der Waals surface area contributed by atoms with Gasteiger partial charge in [0.25, 0.3) is 0 Å². The van der Waals surface area contributed by atoms with E-state index in [1.807, 2.05) is 24.3 Å². The summed E-state index contributed by atoms with van der Waals surface area (Å²) in [5.74, 6) is 1.99. The fraction of sp³-hybridized carbons (Fsp3) is 0.0750. The van der Waals surface area contributed by atoms with Gasteiger partial charge in [-0.3, -0.25) is 0 Å². The van der Waals surface area contributed by atoms with Crippen molar-refractivity contribution < 1.29 is 0 Å². The predicted octanol–water partition coefficient (Wildman–Crippen LogP) is 10.00. The molecule has 1 heterocycles. The van der Waals surface area contributed by atoms with E-state index in [1.54, 1.807) is 0 Å². The molecule has 204 valence electrons. The Kier molecular flexibility index (Phi) is 5.80. The number of hydrogen-bond donors (Lipinski definition) is 0. The summed E-state index contributed by atoms with van der Waals surface area (Å²) < 4.78 is 0. The third kappa shape index (κ3) is 4.16. The average Bonchev–Trinajstić information content (AvgIpc) is 3.31. The molecule has 1 aliphatic rings. The Morgan fingerprint density at radius 1 is 0.395 bits per heavy atom. The van der Waals surface area contributed by atoms with Gasteiger partial charge in [0.2, 0.25) is 0 Å². The van der Waals surface area contributed by atoms with Crippen LogP contribution in [0.4, 0.5) is 0 Å². The first-order chi connectivity index (χ1) is 21.1. The zero-order valence-corrected chi connectivity index (χ0v) is 24.1. The van der Waals surface area contributed by atoms with E-state index in [9.17, 15) is 0 Å². The summed E-state index contributed by atoms with van der Waals surface area (Å²) in [7, 11) is 0. The first-order valence-electron chi connectivity index (χ1n) is 14.7. The molecule has 0 spiro atoms. The molecule has 0 amide bonds. The fourth-order valence-electron chi connectivity index (χ4n) is 6.57. The van der Waals surface area contributed by atoms with Crippen molar-refractivity contribution >= 4 is 10.8 Å². The van der Waals surface area contributed by atoms with E-state index in [1.165, 1.54) is 27.6 Å². The van der Waals surface area contributed by atoms with Crippen molar-refractivity contribution in [2.45, 2.75) is 19.3 Å². The number of rotatable bonds is 4. The number of fused-ring (bicyclic) bond motifs is 5. The van der Waals surface area contributed by atoms with Crippen molar-refractivity contribution in [1.29, 1.82) is 0 Å². The molecule has 43 heavy (non-hydrogen) atoms. The van der Waals surface area contributed by atoms with Gasteiger partial charge < -0.3 is 0 Å². The van der Waals surface area contributed by atoms with E-state index >= 15 is 0 Å². The van der Waals surface area contributed by atoms with Crippen molar-refractivity contribution in [3.05, 3.63) is 151 Å². The Balaban J connectivity index is 1.35. The summed E-state index contributed by atoms with van der Waals surface area (Å²) in [6, 6.07) is 48.9. The van der Waals surface area contributed by atoms with Gasteiger partial charge in [0.15, 0.2) is 17.5 Å². The molecule has 3 heteroatoms. The van der Waals surface area contributed by atoms with Crippen LogP contribution in [0, 0.1) is 0 Å². The van der Waals surface area contributed by atoms with Gasteiger partial charge in [-0.1, -0.05) is 147 Å². The molecule has 0 saturated carbocycles. The molecule has 1 aliphatic carbocycles. The van der Waals surface area contributed by atoms with Crippen molar-refractivity contribution in [2.75, 3.05) is 0 Å². The Morgan fingerprint density at radius 3 is 1.77 bits per heavy atom. The highest BCUT2D eigenvalue weighted by molar-refractivity contribution is 6.07. The summed E-state index contributed by atoms with van der Waals surface area (Å²) in [5, 5.41) is 2.37. The highest BCUT2D eigenvalue weighted by Crippen LogP contribution is 2.51. The van der Waals surface area contributed by atoms with E-state index < -0.39 is 0 Å². The lowest BCUT2D eigenvalue weighted by molar-refractivity contribution is 0.661. The molecule has 7 aromatic rings. The Bertz CT molecular complexity index is 2150. The second-order valence-corrected chi connectivity index (χ2v) is 11.7. The van der Waals surface area contributed by atoms with Crippen LogP contribution in [0.1, 0.15) is 25.0 Å². The van der Waals surface area contributed by atoms with Crippen LogP contribution in [-0.4, -0.2) is 15.0 Å². The summed E-state index contributed by atoms with van der Waals surface area (Å²) in [5.41, 5.74) is 10.5. The molecule has 0 radical (unpaired) electrons. The van der Waals surface area contributed by atoms with Crippen LogP contribution in [0.15, 0.2) is 140 Å². The Hall–Kier alpha value is -5.41. The van der Waals surface area contributed by atoms with Gasteiger partial charge in [0, 0.05) is 22.1 Å². The largest absolute Gasteiger partial charge is 0.208 e. The van der Waals surface area contributed by atoms with Crippen LogP contribution >= 0.6 is 0 Å². The molecule has 6 aromatic carbocycles. The van der Waals surface area contributed by atoms with E-state index in [4.69, 9.17) is 15.0 Å². The summed E-state index contributed by atoms with van der Waals surface area (Å²) in [6.45, 7) is 4.64. The molecule has 1 aromatic heterocycles. The minimum Gasteiger partial charge on any atom is -0.208 e. The van der Waals surface area contributed by atoms with Gasteiger partial charge in [0.1, 0.15) is 0 Å².